The Kier molecular flexibility index (Phi) is 3.60. The second kappa shape index (κ2) is 5.90. The first-order valence-corrected chi connectivity index (χ1v) is 8.59. The summed E-state index contributed by atoms with van der Waals surface area (Å²) in [7, 11) is 0. The summed E-state index contributed by atoms with van der Waals surface area (Å²) in [6.45, 7) is 2.20. The molecular weight excluding hydrogens is 298 g/mol. The number of nitrogens with zero attached hydrogens (tertiary/aromatic N) is 1. The van der Waals surface area contributed by atoms with Crippen LogP contribution in [-0.2, 0) is 0 Å². The number of para-hydroxylation sites is 1. The van der Waals surface area contributed by atoms with E-state index in [9.17, 15) is 0 Å². The van der Waals surface area contributed by atoms with Gasteiger partial charge in [-0.25, -0.2) is 0 Å². The number of aromatic nitrogens is 1. The lowest BCUT2D eigenvalue weighted by Gasteiger charge is -2.08. The lowest BCUT2D eigenvalue weighted by Crippen LogP contribution is -1.94. The van der Waals surface area contributed by atoms with Crippen molar-refractivity contribution in [2.24, 2.45) is 0 Å². The van der Waals surface area contributed by atoms with Crippen LogP contribution in [-0.4, -0.2) is 4.57 Å². The molecule has 4 rings (SSSR count). The molecule has 0 saturated carbocycles. The summed E-state index contributed by atoms with van der Waals surface area (Å²) >= 11 is 1.79. The lowest BCUT2D eigenvalue weighted by atomic mass is 10.0. The highest BCUT2D eigenvalue weighted by Crippen LogP contribution is 2.39. The third kappa shape index (κ3) is 2.51. The number of hydrogen-bond acceptors (Lipinski definition) is 1. The highest BCUT2D eigenvalue weighted by Gasteiger charge is 2.17. The number of rotatable bonds is 3. The molecule has 0 fully saturated rings. The molecule has 0 aliphatic rings. The average Bonchev–Trinajstić information content (AvgIpc) is 3.24. The van der Waals surface area contributed by atoms with Crippen LogP contribution in [0.3, 0.4) is 0 Å². The molecule has 0 aliphatic carbocycles. The van der Waals surface area contributed by atoms with Crippen molar-refractivity contribution in [2.45, 2.75) is 6.92 Å². The molecule has 0 saturated heterocycles. The largest absolute Gasteiger partial charge is 0.320 e. The van der Waals surface area contributed by atoms with Crippen molar-refractivity contribution in [3.63, 3.8) is 0 Å². The first kappa shape index (κ1) is 14.0. The SMILES string of the molecule is Cc1c(-c2ccccc2)c(-c2cccs2)cn1-c1ccccc1. The fourth-order valence-electron chi connectivity index (χ4n) is 3.05. The average molecular weight is 315 g/mol. The molecule has 23 heavy (non-hydrogen) atoms. The van der Waals surface area contributed by atoms with Crippen LogP contribution in [0.15, 0.2) is 84.4 Å². The molecule has 0 atom stereocenters. The van der Waals surface area contributed by atoms with Gasteiger partial charge in [-0.15, -0.1) is 11.3 Å². The van der Waals surface area contributed by atoms with Crippen molar-refractivity contribution < 1.29 is 0 Å². The fourth-order valence-corrected chi connectivity index (χ4v) is 3.79. The van der Waals surface area contributed by atoms with Crippen molar-refractivity contribution >= 4 is 11.3 Å². The standard InChI is InChI=1S/C21H17NS/c1-16-21(17-9-4-2-5-10-17)19(20-13-8-14-23-20)15-22(16)18-11-6-3-7-12-18/h2-15H,1H3. The van der Waals surface area contributed by atoms with E-state index in [0.717, 1.165) is 0 Å². The van der Waals surface area contributed by atoms with Crippen LogP contribution in [0.2, 0.25) is 0 Å². The van der Waals surface area contributed by atoms with Crippen molar-refractivity contribution in [1.82, 2.24) is 4.57 Å². The minimum Gasteiger partial charge on any atom is -0.320 e. The number of hydrogen-bond donors (Lipinski definition) is 0. The molecule has 0 radical (unpaired) electrons. The Morgan fingerprint density at radius 1 is 0.783 bits per heavy atom. The molecular formula is C21H17NS. The maximum Gasteiger partial charge on any atom is 0.0452 e. The van der Waals surface area contributed by atoms with E-state index >= 15 is 0 Å². The maximum atomic E-state index is 2.29. The summed E-state index contributed by atoms with van der Waals surface area (Å²) in [5.41, 5.74) is 6.35. The van der Waals surface area contributed by atoms with E-state index in [-0.39, 0.29) is 0 Å². The summed E-state index contributed by atoms with van der Waals surface area (Å²) in [6, 6.07) is 25.5. The van der Waals surface area contributed by atoms with Gasteiger partial charge in [-0.1, -0.05) is 54.6 Å². The van der Waals surface area contributed by atoms with Crippen molar-refractivity contribution in [2.75, 3.05) is 0 Å². The highest BCUT2D eigenvalue weighted by molar-refractivity contribution is 7.13. The topological polar surface area (TPSA) is 4.93 Å². The monoisotopic (exact) mass is 315 g/mol. The first-order chi connectivity index (χ1) is 11.3. The minimum atomic E-state index is 1.20. The van der Waals surface area contributed by atoms with E-state index in [0.29, 0.717) is 0 Å². The second-order valence-electron chi connectivity index (χ2n) is 5.55. The third-order valence-corrected chi connectivity index (χ3v) is 5.04. The maximum absolute atomic E-state index is 2.29. The molecule has 0 aliphatic heterocycles. The van der Waals surface area contributed by atoms with Gasteiger partial charge in [0.2, 0.25) is 0 Å². The smallest absolute Gasteiger partial charge is 0.0452 e. The number of thiophene rings is 1. The van der Waals surface area contributed by atoms with Crippen LogP contribution in [0, 0.1) is 6.92 Å². The van der Waals surface area contributed by atoms with Gasteiger partial charge in [0.25, 0.3) is 0 Å². The Hall–Kier alpha value is -2.58. The minimum absolute atomic E-state index is 1.20. The van der Waals surface area contributed by atoms with Gasteiger partial charge in [-0.3, -0.25) is 0 Å². The molecule has 2 heterocycles. The summed E-state index contributed by atoms with van der Waals surface area (Å²) in [6.07, 6.45) is 2.26. The van der Waals surface area contributed by atoms with E-state index in [1.807, 2.05) is 0 Å². The quantitative estimate of drug-likeness (QED) is 0.425. The van der Waals surface area contributed by atoms with Gasteiger partial charge in [-0.2, -0.15) is 0 Å². The summed E-state index contributed by atoms with van der Waals surface area (Å²) < 4.78 is 2.29. The van der Waals surface area contributed by atoms with Crippen LogP contribution in [0.25, 0.3) is 27.3 Å². The van der Waals surface area contributed by atoms with Crippen LogP contribution >= 0.6 is 11.3 Å². The summed E-state index contributed by atoms with van der Waals surface area (Å²) in [5, 5.41) is 2.14. The predicted octanol–water partition coefficient (Wildman–Crippen LogP) is 6.18. The van der Waals surface area contributed by atoms with E-state index < -0.39 is 0 Å². The Bertz CT molecular complexity index is 903. The van der Waals surface area contributed by atoms with E-state index in [4.69, 9.17) is 0 Å². The normalized spacial score (nSPS) is 10.8. The molecule has 2 heteroatoms. The molecule has 2 aromatic carbocycles. The van der Waals surface area contributed by atoms with Crippen molar-refractivity contribution in [3.05, 3.63) is 90.1 Å². The van der Waals surface area contributed by atoms with Crippen molar-refractivity contribution in [1.29, 1.82) is 0 Å². The lowest BCUT2D eigenvalue weighted by molar-refractivity contribution is 1.02. The van der Waals surface area contributed by atoms with Crippen LogP contribution in [0.4, 0.5) is 0 Å². The van der Waals surface area contributed by atoms with Gasteiger partial charge >= 0.3 is 0 Å². The zero-order valence-electron chi connectivity index (χ0n) is 12.9. The van der Waals surface area contributed by atoms with Crippen LogP contribution < -0.4 is 0 Å². The fraction of sp³-hybridized carbons (Fsp3) is 0.0476. The Morgan fingerprint density at radius 2 is 1.48 bits per heavy atom. The van der Waals surface area contributed by atoms with Crippen molar-refractivity contribution in [3.8, 4) is 27.3 Å². The summed E-state index contributed by atoms with van der Waals surface area (Å²) in [5.74, 6) is 0. The Morgan fingerprint density at radius 3 is 2.13 bits per heavy atom. The molecule has 1 nitrogen and oxygen atoms in total. The van der Waals surface area contributed by atoms with Crippen LogP contribution in [0.1, 0.15) is 5.69 Å². The van der Waals surface area contributed by atoms with E-state index in [2.05, 4.69) is 95.9 Å². The Balaban J connectivity index is 1.98. The van der Waals surface area contributed by atoms with Gasteiger partial charge < -0.3 is 4.57 Å². The van der Waals surface area contributed by atoms with Crippen LogP contribution in [0.5, 0.6) is 0 Å². The molecule has 0 spiro atoms. The van der Waals surface area contributed by atoms with E-state index in [1.54, 1.807) is 11.3 Å². The van der Waals surface area contributed by atoms with Gasteiger partial charge in [-0.05, 0) is 36.1 Å². The predicted molar refractivity (Wildman–Crippen MR) is 99.3 cm³/mol. The van der Waals surface area contributed by atoms with Gasteiger partial charge in [0, 0.05) is 33.6 Å². The first-order valence-electron chi connectivity index (χ1n) is 7.71. The number of benzene rings is 2. The highest BCUT2D eigenvalue weighted by atomic mass is 32.1. The Labute approximate surface area is 140 Å². The molecule has 0 amide bonds. The van der Waals surface area contributed by atoms with E-state index in [1.165, 1.54) is 32.9 Å². The van der Waals surface area contributed by atoms with Gasteiger partial charge in [0.05, 0.1) is 0 Å². The molecule has 2 aromatic heterocycles. The van der Waals surface area contributed by atoms with Gasteiger partial charge in [0.1, 0.15) is 0 Å². The second-order valence-corrected chi connectivity index (χ2v) is 6.50. The molecule has 112 valence electrons. The molecule has 0 unspecified atom stereocenters. The zero-order valence-corrected chi connectivity index (χ0v) is 13.8. The molecule has 4 aromatic rings. The summed E-state index contributed by atoms with van der Waals surface area (Å²) in [4.78, 5) is 1.31. The zero-order chi connectivity index (χ0) is 15.6. The van der Waals surface area contributed by atoms with Gasteiger partial charge in [0.15, 0.2) is 0 Å². The third-order valence-electron chi connectivity index (χ3n) is 4.13. The molecule has 0 N–H and O–H groups in total. The molecule has 0 bridgehead atoms.